The number of carbonyl (C=O) groups excluding carboxylic acids is 2. The molecule has 0 spiro atoms. The highest BCUT2D eigenvalue weighted by atomic mass is 35.5. The number of hydrogen-bond acceptors (Lipinski definition) is 10. The van der Waals surface area contributed by atoms with Crippen molar-refractivity contribution in [2.45, 2.75) is 80.4 Å². The van der Waals surface area contributed by atoms with E-state index in [1.807, 2.05) is 27.7 Å². The quantitative estimate of drug-likeness (QED) is 0.147. The van der Waals surface area contributed by atoms with Crippen LogP contribution in [0.3, 0.4) is 0 Å². The molecule has 2 aromatic carbocycles. The first kappa shape index (κ1) is 43.8. The maximum absolute atomic E-state index is 11.7. The Bertz CT molecular complexity index is 1630. The number of amides is 2. The van der Waals surface area contributed by atoms with Crippen LogP contribution in [0.25, 0.3) is 21.1 Å². The number of carboxylic acids is 2. The summed E-state index contributed by atoms with van der Waals surface area (Å²) in [4.78, 5) is 53.2. The van der Waals surface area contributed by atoms with Crippen molar-refractivity contribution < 1.29 is 38.9 Å². The maximum Gasteiger partial charge on any atom is 0.412 e. The van der Waals surface area contributed by atoms with Gasteiger partial charge in [0.05, 0.1) is 10.0 Å². The van der Waals surface area contributed by atoms with Crippen molar-refractivity contribution in [3.63, 3.8) is 0 Å². The van der Waals surface area contributed by atoms with Gasteiger partial charge in [-0.3, -0.25) is 10.6 Å². The van der Waals surface area contributed by atoms with Crippen LogP contribution in [0.15, 0.2) is 47.2 Å². The standard InChI is InChI=1S/2C15H15ClN2O4S.2C2H6/c2*1-15(2,3)22-14(21)17-8-4-5-9(10(16)6-8)12-18-11(7-23-12)13(19)20;2*1-2/h2*4-7H,1-3H3,(H,17,21)(H,19,20);2*1-2H3. The van der Waals surface area contributed by atoms with E-state index in [1.165, 1.54) is 33.4 Å². The highest BCUT2D eigenvalue weighted by Crippen LogP contribution is 2.34. The lowest BCUT2D eigenvalue weighted by Gasteiger charge is -2.19. The molecule has 50 heavy (non-hydrogen) atoms. The van der Waals surface area contributed by atoms with E-state index >= 15 is 0 Å². The number of thiazole rings is 2. The van der Waals surface area contributed by atoms with Gasteiger partial charge in [-0.15, -0.1) is 22.7 Å². The number of halogens is 2. The molecule has 16 heteroatoms. The van der Waals surface area contributed by atoms with Gasteiger partial charge in [0.25, 0.3) is 0 Å². The van der Waals surface area contributed by atoms with Crippen molar-refractivity contribution in [2.75, 3.05) is 10.6 Å². The Labute approximate surface area is 309 Å². The summed E-state index contributed by atoms with van der Waals surface area (Å²) >= 11 is 14.8. The van der Waals surface area contributed by atoms with Crippen molar-refractivity contribution in [3.8, 4) is 21.1 Å². The summed E-state index contributed by atoms with van der Waals surface area (Å²) < 4.78 is 10.3. The predicted octanol–water partition coefficient (Wildman–Crippen LogP) is 11.1. The first-order valence-electron chi connectivity index (χ1n) is 15.3. The van der Waals surface area contributed by atoms with E-state index in [1.54, 1.807) is 77.9 Å². The zero-order valence-corrected chi connectivity index (χ0v) is 32.6. The molecular weight excluding hydrogens is 727 g/mol. The Balaban J connectivity index is 0.000000455. The first-order chi connectivity index (χ1) is 23.3. The summed E-state index contributed by atoms with van der Waals surface area (Å²) in [6, 6.07) is 9.74. The highest BCUT2D eigenvalue weighted by molar-refractivity contribution is 7.13. The Kier molecular flexibility index (Phi) is 17.4. The molecular formula is C34H42Cl2N4O8S2. The minimum atomic E-state index is -1.09. The van der Waals surface area contributed by atoms with Gasteiger partial charge in [0, 0.05) is 33.3 Å². The van der Waals surface area contributed by atoms with E-state index in [9.17, 15) is 19.2 Å². The van der Waals surface area contributed by atoms with Gasteiger partial charge in [-0.25, -0.2) is 29.1 Å². The SMILES string of the molecule is CC.CC.CC(C)(C)OC(=O)Nc1ccc(-c2nc(C(=O)O)cs2)c(Cl)c1.CC(C)(C)OC(=O)Nc1ccc(-c2nc(C(=O)O)cs2)c(Cl)c1. The Morgan fingerprint density at radius 2 is 0.960 bits per heavy atom. The summed E-state index contributed by atoms with van der Waals surface area (Å²) in [5.74, 6) is -2.18. The van der Waals surface area contributed by atoms with Crippen LogP contribution in [0.5, 0.6) is 0 Å². The fourth-order valence-corrected chi connectivity index (χ4v) is 5.68. The highest BCUT2D eigenvalue weighted by Gasteiger charge is 2.19. The lowest BCUT2D eigenvalue weighted by atomic mass is 10.2. The van der Waals surface area contributed by atoms with Crippen LogP contribution in [-0.2, 0) is 9.47 Å². The fourth-order valence-electron chi connectivity index (χ4n) is 3.37. The normalized spacial score (nSPS) is 10.5. The number of aromatic carboxylic acids is 2. The molecule has 0 bridgehead atoms. The molecule has 4 rings (SSSR count). The van der Waals surface area contributed by atoms with Crippen LogP contribution in [0.1, 0.15) is 90.2 Å². The molecule has 0 fully saturated rings. The number of carboxylic acid groups (broad SMARTS) is 2. The molecule has 12 nitrogen and oxygen atoms in total. The molecule has 2 amide bonds. The van der Waals surface area contributed by atoms with E-state index in [0.29, 0.717) is 42.6 Å². The molecule has 272 valence electrons. The van der Waals surface area contributed by atoms with Crippen LogP contribution in [-0.4, -0.2) is 55.5 Å². The van der Waals surface area contributed by atoms with E-state index in [0.717, 1.165) is 0 Å². The van der Waals surface area contributed by atoms with Crippen LogP contribution in [0.4, 0.5) is 21.0 Å². The number of hydrogen-bond donors (Lipinski definition) is 4. The molecule has 0 saturated heterocycles. The monoisotopic (exact) mass is 768 g/mol. The zero-order valence-electron chi connectivity index (χ0n) is 29.4. The largest absolute Gasteiger partial charge is 0.476 e. The number of anilines is 2. The second-order valence-corrected chi connectivity index (χ2v) is 13.9. The lowest BCUT2D eigenvalue weighted by molar-refractivity contribution is 0.0624. The number of nitrogens with zero attached hydrogens (tertiary/aromatic N) is 2. The third kappa shape index (κ3) is 14.7. The topological polar surface area (TPSA) is 177 Å². The van der Waals surface area contributed by atoms with Gasteiger partial charge in [0.2, 0.25) is 0 Å². The van der Waals surface area contributed by atoms with E-state index < -0.39 is 35.3 Å². The van der Waals surface area contributed by atoms with Crippen LogP contribution >= 0.6 is 45.9 Å². The van der Waals surface area contributed by atoms with Gasteiger partial charge in [0.15, 0.2) is 11.4 Å². The molecule has 0 aliphatic rings. The Morgan fingerprint density at radius 3 is 1.20 bits per heavy atom. The van der Waals surface area contributed by atoms with Crippen LogP contribution in [0.2, 0.25) is 10.0 Å². The summed E-state index contributed by atoms with van der Waals surface area (Å²) in [6.45, 7) is 18.6. The molecule has 4 aromatic rings. The van der Waals surface area contributed by atoms with Gasteiger partial charge in [-0.1, -0.05) is 50.9 Å². The molecule has 0 unspecified atom stereocenters. The Morgan fingerprint density at radius 1 is 0.640 bits per heavy atom. The molecule has 4 N–H and O–H groups in total. The summed E-state index contributed by atoms with van der Waals surface area (Å²) in [5, 5.41) is 27.6. The predicted molar refractivity (Wildman–Crippen MR) is 201 cm³/mol. The third-order valence-corrected chi connectivity index (χ3v) is 7.51. The lowest BCUT2D eigenvalue weighted by Crippen LogP contribution is -2.27. The molecule has 2 aromatic heterocycles. The van der Waals surface area contributed by atoms with E-state index in [-0.39, 0.29) is 11.4 Å². The molecule has 2 heterocycles. The Hall–Kier alpha value is -4.24. The number of aromatic nitrogens is 2. The number of rotatable bonds is 6. The third-order valence-electron chi connectivity index (χ3n) is 5.14. The van der Waals surface area contributed by atoms with Crippen molar-refractivity contribution >= 4 is 81.4 Å². The second-order valence-electron chi connectivity index (χ2n) is 11.3. The van der Waals surface area contributed by atoms with Crippen LogP contribution < -0.4 is 10.6 Å². The fraction of sp³-hybridized carbons (Fsp3) is 0.353. The maximum atomic E-state index is 11.7. The number of benzene rings is 2. The van der Waals surface area contributed by atoms with Crippen molar-refractivity contribution in [2.24, 2.45) is 0 Å². The molecule has 0 atom stereocenters. The van der Waals surface area contributed by atoms with Gasteiger partial charge >= 0.3 is 24.1 Å². The number of ether oxygens (including phenoxy) is 2. The zero-order chi connectivity index (χ0) is 38.4. The molecule has 0 radical (unpaired) electrons. The molecule has 0 aliphatic heterocycles. The van der Waals surface area contributed by atoms with E-state index in [2.05, 4.69) is 20.6 Å². The van der Waals surface area contributed by atoms with Gasteiger partial charge < -0.3 is 19.7 Å². The average Bonchev–Trinajstić information content (AvgIpc) is 3.69. The first-order valence-corrected chi connectivity index (χ1v) is 17.8. The smallest absolute Gasteiger partial charge is 0.412 e. The summed E-state index contributed by atoms with van der Waals surface area (Å²) in [6.07, 6.45) is -1.16. The number of carbonyl (C=O) groups is 4. The van der Waals surface area contributed by atoms with Gasteiger partial charge in [0.1, 0.15) is 21.2 Å². The minimum Gasteiger partial charge on any atom is -0.476 e. The van der Waals surface area contributed by atoms with Gasteiger partial charge in [-0.2, -0.15) is 0 Å². The summed E-state index contributed by atoms with van der Waals surface area (Å²) in [7, 11) is 0. The van der Waals surface area contributed by atoms with Crippen molar-refractivity contribution in [1.29, 1.82) is 0 Å². The minimum absolute atomic E-state index is 0.0305. The second kappa shape index (κ2) is 19.8. The van der Waals surface area contributed by atoms with Gasteiger partial charge in [-0.05, 0) is 77.9 Å². The average molecular weight is 770 g/mol. The molecule has 0 aliphatic carbocycles. The summed E-state index contributed by atoms with van der Waals surface area (Å²) in [5.41, 5.74) is 0.891. The van der Waals surface area contributed by atoms with Crippen LogP contribution in [0, 0.1) is 0 Å². The number of nitrogens with one attached hydrogen (secondary N) is 2. The molecule has 0 saturated carbocycles. The van der Waals surface area contributed by atoms with E-state index in [4.69, 9.17) is 42.9 Å². The van der Waals surface area contributed by atoms with Crippen molar-refractivity contribution in [1.82, 2.24) is 9.97 Å². The van der Waals surface area contributed by atoms with Crippen molar-refractivity contribution in [3.05, 3.63) is 68.6 Å².